The number of benzene rings is 1. The van der Waals surface area contributed by atoms with E-state index in [-0.39, 0.29) is 0 Å². The van der Waals surface area contributed by atoms with Crippen LogP contribution in [0.5, 0.6) is 0 Å². The Morgan fingerprint density at radius 2 is 1.95 bits per heavy atom. The van der Waals surface area contributed by atoms with E-state index >= 15 is 0 Å². The summed E-state index contributed by atoms with van der Waals surface area (Å²) in [5.74, 6) is 0. The van der Waals surface area contributed by atoms with Crippen LogP contribution in [0.15, 0.2) is 37.0 Å². The van der Waals surface area contributed by atoms with Gasteiger partial charge in [0.15, 0.2) is 0 Å². The van der Waals surface area contributed by atoms with Gasteiger partial charge in [-0.3, -0.25) is 10.3 Å². The summed E-state index contributed by atoms with van der Waals surface area (Å²) >= 11 is 0. The van der Waals surface area contributed by atoms with Crippen molar-refractivity contribution in [3.63, 3.8) is 0 Å². The fraction of sp³-hybridized carbons (Fsp3) is 0.385. The summed E-state index contributed by atoms with van der Waals surface area (Å²) in [4.78, 5) is 5.04. The molecule has 0 aromatic heterocycles. The molecule has 0 heterocycles. The van der Waals surface area contributed by atoms with Gasteiger partial charge in [-0.1, -0.05) is 30.8 Å². The molecule has 0 spiro atoms. The van der Waals surface area contributed by atoms with E-state index < -0.39 is 7.12 Å². The van der Waals surface area contributed by atoms with Gasteiger partial charge >= 0.3 is 7.12 Å². The Bertz CT molecular complexity index is 357. The van der Waals surface area contributed by atoms with Crippen molar-refractivity contribution < 1.29 is 14.9 Å². The van der Waals surface area contributed by atoms with E-state index in [4.69, 9.17) is 14.9 Å². The summed E-state index contributed by atoms with van der Waals surface area (Å²) in [7, 11) is -1.40. The van der Waals surface area contributed by atoms with Crippen LogP contribution in [0.1, 0.15) is 18.4 Å². The zero-order valence-electron chi connectivity index (χ0n) is 11.0. The highest BCUT2D eigenvalue weighted by atomic mass is 16.6. The highest BCUT2D eigenvalue weighted by molar-refractivity contribution is 6.58. The van der Waals surface area contributed by atoms with Crippen molar-refractivity contribution in [3.8, 4) is 0 Å². The van der Waals surface area contributed by atoms with Crippen molar-refractivity contribution in [2.75, 3.05) is 13.2 Å². The second kappa shape index (κ2) is 9.58. The maximum absolute atomic E-state index is 8.97. The molecule has 1 aromatic rings. The quantitative estimate of drug-likeness (QED) is 0.270. The second-order valence-corrected chi connectivity index (χ2v) is 4.17. The smallest absolute Gasteiger partial charge is 0.423 e. The van der Waals surface area contributed by atoms with Crippen LogP contribution >= 0.6 is 0 Å². The predicted molar refractivity (Wildman–Crippen MR) is 76.5 cm³/mol. The molecule has 19 heavy (non-hydrogen) atoms. The summed E-state index contributed by atoms with van der Waals surface area (Å²) in [5.41, 5.74) is 4.21. The zero-order valence-corrected chi connectivity index (χ0v) is 11.0. The SMILES string of the molecule is C=CNOCCCCNCc1ccc(B(O)O)cc1. The molecule has 4 N–H and O–H groups in total. The van der Waals surface area contributed by atoms with Gasteiger partial charge < -0.3 is 15.4 Å². The summed E-state index contributed by atoms with van der Waals surface area (Å²) < 4.78 is 0. The Hall–Kier alpha value is -1.34. The third kappa shape index (κ3) is 6.98. The van der Waals surface area contributed by atoms with E-state index in [2.05, 4.69) is 17.4 Å². The number of hydrogen-bond donors (Lipinski definition) is 4. The molecule has 0 atom stereocenters. The van der Waals surface area contributed by atoms with Gasteiger partial charge in [0, 0.05) is 12.7 Å². The highest BCUT2D eigenvalue weighted by Crippen LogP contribution is 1.97. The summed E-state index contributed by atoms with van der Waals surface area (Å²) in [6.07, 6.45) is 3.51. The van der Waals surface area contributed by atoms with E-state index in [0.717, 1.165) is 31.5 Å². The Morgan fingerprint density at radius 1 is 1.21 bits per heavy atom. The second-order valence-electron chi connectivity index (χ2n) is 4.17. The third-order valence-corrected chi connectivity index (χ3v) is 2.62. The standard InChI is InChI=1S/C13H21BN2O3/c1-2-16-19-10-4-3-9-15-11-12-5-7-13(8-6-12)14(17)18/h2,5-8,15-18H,1,3-4,9-11H2. The molecule has 0 saturated carbocycles. The lowest BCUT2D eigenvalue weighted by molar-refractivity contribution is 0.0687. The molecule has 0 aliphatic carbocycles. The van der Waals surface area contributed by atoms with Crippen molar-refractivity contribution in [2.45, 2.75) is 19.4 Å². The molecule has 0 aliphatic heterocycles. The number of rotatable bonds is 10. The van der Waals surface area contributed by atoms with Gasteiger partial charge in [-0.15, -0.1) is 0 Å². The lowest BCUT2D eigenvalue weighted by Gasteiger charge is -2.06. The lowest BCUT2D eigenvalue weighted by Crippen LogP contribution is -2.29. The monoisotopic (exact) mass is 264 g/mol. The van der Waals surface area contributed by atoms with Gasteiger partial charge in [-0.2, -0.15) is 0 Å². The Kier molecular flexibility index (Phi) is 7.92. The van der Waals surface area contributed by atoms with E-state index in [9.17, 15) is 0 Å². The van der Waals surface area contributed by atoms with Crippen LogP contribution in [0.2, 0.25) is 0 Å². The van der Waals surface area contributed by atoms with Crippen LogP contribution in [0.4, 0.5) is 0 Å². The number of nitrogens with one attached hydrogen (secondary N) is 2. The van der Waals surface area contributed by atoms with Crippen LogP contribution in [-0.4, -0.2) is 30.3 Å². The first-order valence-electron chi connectivity index (χ1n) is 6.38. The average molecular weight is 264 g/mol. The first-order chi connectivity index (χ1) is 9.24. The molecule has 0 saturated heterocycles. The lowest BCUT2D eigenvalue weighted by atomic mass is 9.80. The minimum absolute atomic E-state index is 0.510. The number of hydrogen-bond acceptors (Lipinski definition) is 5. The van der Waals surface area contributed by atoms with Gasteiger partial charge in [-0.25, -0.2) is 0 Å². The van der Waals surface area contributed by atoms with Crippen LogP contribution in [-0.2, 0) is 11.4 Å². The fourth-order valence-electron chi connectivity index (χ4n) is 1.58. The van der Waals surface area contributed by atoms with Crippen molar-refractivity contribution in [1.82, 2.24) is 10.8 Å². The number of unbranched alkanes of at least 4 members (excludes halogenated alkanes) is 1. The summed E-state index contributed by atoms with van der Waals surface area (Å²) in [5, 5.41) is 21.3. The summed E-state index contributed by atoms with van der Waals surface area (Å²) in [6.45, 7) is 5.83. The predicted octanol–water partition coefficient (Wildman–Crippen LogP) is -0.0991. The minimum Gasteiger partial charge on any atom is -0.423 e. The molecule has 0 bridgehead atoms. The maximum atomic E-state index is 8.97. The van der Waals surface area contributed by atoms with Crippen molar-refractivity contribution in [2.24, 2.45) is 0 Å². The third-order valence-electron chi connectivity index (χ3n) is 2.62. The Labute approximate surface area is 114 Å². The molecular formula is C13H21BN2O3. The topological polar surface area (TPSA) is 73.8 Å². The molecule has 0 unspecified atom stereocenters. The van der Waals surface area contributed by atoms with Crippen LogP contribution in [0.25, 0.3) is 0 Å². The average Bonchev–Trinajstić information content (AvgIpc) is 2.42. The Morgan fingerprint density at radius 3 is 2.58 bits per heavy atom. The molecule has 0 aliphatic rings. The molecule has 5 nitrogen and oxygen atoms in total. The first kappa shape index (κ1) is 15.7. The molecule has 1 rings (SSSR count). The zero-order chi connectivity index (χ0) is 13.9. The van der Waals surface area contributed by atoms with Gasteiger partial charge in [-0.05, 0) is 30.4 Å². The van der Waals surface area contributed by atoms with E-state index in [1.165, 1.54) is 6.20 Å². The van der Waals surface area contributed by atoms with Crippen LogP contribution in [0.3, 0.4) is 0 Å². The van der Waals surface area contributed by atoms with E-state index in [0.29, 0.717) is 12.1 Å². The van der Waals surface area contributed by atoms with E-state index in [1.54, 1.807) is 12.1 Å². The van der Waals surface area contributed by atoms with Gasteiger partial charge in [0.2, 0.25) is 0 Å². The Balaban J connectivity index is 2.07. The molecule has 0 amide bonds. The number of hydroxylamine groups is 1. The van der Waals surface area contributed by atoms with Crippen LogP contribution < -0.4 is 16.3 Å². The molecule has 1 aromatic carbocycles. The molecule has 0 fully saturated rings. The first-order valence-corrected chi connectivity index (χ1v) is 6.38. The minimum atomic E-state index is -1.40. The maximum Gasteiger partial charge on any atom is 0.488 e. The largest absolute Gasteiger partial charge is 0.488 e. The van der Waals surface area contributed by atoms with Crippen molar-refractivity contribution in [3.05, 3.63) is 42.6 Å². The summed E-state index contributed by atoms with van der Waals surface area (Å²) in [6, 6.07) is 7.21. The van der Waals surface area contributed by atoms with E-state index in [1.807, 2.05) is 12.1 Å². The molecule has 104 valence electrons. The fourth-order valence-corrected chi connectivity index (χ4v) is 1.58. The van der Waals surface area contributed by atoms with Crippen molar-refractivity contribution >= 4 is 12.6 Å². The molecule has 6 heteroatoms. The molecular weight excluding hydrogens is 243 g/mol. The van der Waals surface area contributed by atoms with Gasteiger partial charge in [0.1, 0.15) is 0 Å². The van der Waals surface area contributed by atoms with Gasteiger partial charge in [0.05, 0.1) is 6.61 Å². The highest BCUT2D eigenvalue weighted by Gasteiger charge is 2.09. The molecule has 0 radical (unpaired) electrons. The van der Waals surface area contributed by atoms with Crippen molar-refractivity contribution in [1.29, 1.82) is 0 Å². The normalized spacial score (nSPS) is 10.2. The van der Waals surface area contributed by atoms with Gasteiger partial charge in [0.25, 0.3) is 0 Å². The van der Waals surface area contributed by atoms with Crippen LogP contribution in [0, 0.1) is 0 Å².